The molecule has 0 bridgehead atoms. The number of rotatable bonds is 3. The van der Waals surface area contributed by atoms with Crippen molar-refractivity contribution in [2.45, 2.75) is 11.8 Å². The van der Waals surface area contributed by atoms with Crippen molar-refractivity contribution < 1.29 is 17.7 Å². The zero-order valence-electron chi connectivity index (χ0n) is 7.68. The lowest BCUT2D eigenvalue weighted by Crippen LogP contribution is -2.05. The van der Waals surface area contributed by atoms with E-state index in [0.717, 1.165) is 6.07 Å². The SMILES string of the molecule is CCOc1ncc(Cl)cc1S(=O)(=O)O.Cl. The van der Waals surface area contributed by atoms with E-state index in [2.05, 4.69) is 4.98 Å². The highest BCUT2D eigenvalue weighted by Crippen LogP contribution is 2.23. The first-order chi connectivity index (χ1) is 6.45. The molecule has 0 saturated heterocycles. The van der Waals surface area contributed by atoms with E-state index in [4.69, 9.17) is 20.9 Å². The van der Waals surface area contributed by atoms with Gasteiger partial charge in [0.05, 0.1) is 11.6 Å². The molecule has 86 valence electrons. The number of nitrogens with zero attached hydrogens (tertiary/aromatic N) is 1. The maximum Gasteiger partial charge on any atom is 0.299 e. The Balaban J connectivity index is 0.00000196. The number of pyridine rings is 1. The number of ether oxygens (including phenoxy) is 1. The zero-order chi connectivity index (χ0) is 10.8. The van der Waals surface area contributed by atoms with Crippen LogP contribution in [0.1, 0.15) is 6.92 Å². The molecule has 0 aliphatic rings. The summed E-state index contributed by atoms with van der Waals surface area (Å²) in [5.74, 6) is -0.153. The minimum Gasteiger partial charge on any atom is -0.477 e. The van der Waals surface area contributed by atoms with Gasteiger partial charge in [0, 0.05) is 6.20 Å². The standard InChI is InChI=1S/C7H8ClNO4S.ClH/c1-2-13-7-6(14(10,11)12)3-5(8)4-9-7;/h3-4H,2H2,1H3,(H,10,11,12);1H. The van der Waals surface area contributed by atoms with Crippen LogP contribution in [0.4, 0.5) is 0 Å². The molecular formula is C7H9Cl2NO4S. The third-order valence-electron chi connectivity index (χ3n) is 1.34. The molecule has 15 heavy (non-hydrogen) atoms. The van der Waals surface area contributed by atoms with E-state index in [0.29, 0.717) is 0 Å². The lowest BCUT2D eigenvalue weighted by molar-refractivity contribution is 0.315. The van der Waals surface area contributed by atoms with Crippen LogP contribution in [-0.4, -0.2) is 24.6 Å². The van der Waals surface area contributed by atoms with Gasteiger partial charge in [0.15, 0.2) is 4.90 Å². The zero-order valence-corrected chi connectivity index (χ0v) is 10.1. The van der Waals surface area contributed by atoms with Gasteiger partial charge in [-0.3, -0.25) is 4.55 Å². The van der Waals surface area contributed by atoms with E-state index in [1.165, 1.54) is 6.20 Å². The molecule has 1 N–H and O–H groups in total. The summed E-state index contributed by atoms with van der Waals surface area (Å²) >= 11 is 5.53. The van der Waals surface area contributed by atoms with Crippen LogP contribution in [0.2, 0.25) is 5.02 Å². The minimum absolute atomic E-state index is 0. The minimum atomic E-state index is -4.35. The van der Waals surface area contributed by atoms with Gasteiger partial charge < -0.3 is 4.74 Å². The summed E-state index contributed by atoms with van der Waals surface area (Å²) in [5.41, 5.74) is 0. The summed E-state index contributed by atoms with van der Waals surface area (Å²) in [4.78, 5) is 3.22. The van der Waals surface area contributed by atoms with Gasteiger partial charge in [-0.1, -0.05) is 11.6 Å². The summed E-state index contributed by atoms with van der Waals surface area (Å²) in [5, 5.41) is 0.112. The van der Waals surface area contributed by atoms with Crippen LogP contribution in [0.5, 0.6) is 5.88 Å². The lowest BCUT2D eigenvalue weighted by atomic mass is 10.5. The molecule has 0 aliphatic heterocycles. The van der Waals surface area contributed by atoms with Crippen LogP contribution in [0.15, 0.2) is 17.2 Å². The van der Waals surface area contributed by atoms with Gasteiger partial charge in [-0.15, -0.1) is 12.4 Å². The number of aromatic nitrogens is 1. The topological polar surface area (TPSA) is 76.5 Å². The molecule has 1 aromatic heterocycles. The van der Waals surface area contributed by atoms with Crippen molar-refractivity contribution >= 4 is 34.1 Å². The van der Waals surface area contributed by atoms with Gasteiger partial charge in [0.2, 0.25) is 5.88 Å². The van der Waals surface area contributed by atoms with Crippen molar-refractivity contribution in [3.63, 3.8) is 0 Å². The molecule has 0 aromatic carbocycles. The Morgan fingerprint density at radius 3 is 2.67 bits per heavy atom. The molecule has 1 aromatic rings. The van der Waals surface area contributed by atoms with Crippen LogP contribution in [0.25, 0.3) is 0 Å². The average molecular weight is 274 g/mol. The van der Waals surface area contributed by atoms with E-state index in [-0.39, 0.29) is 29.9 Å². The van der Waals surface area contributed by atoms with Gasteiger partial charge in [-0.2, -0.15) is 8.42 Å². The van der Waals surface area contributed by atoms with Gasteiger partial charge >= 0.3 is 0 Å². The molecule has 0 atom stereocenters. The van der Waals surface area contributed by atoms with Crippen molar-refractivity contribution in [1.82, 2.24) is 4.98 Å². The van der Waals surface area contributed by atoms with Crippen molar-refractivity contribution in [2.24, 2.45) is 0 Å². The summed E-state index contributed by atoms with van der Waals surface area (Å²) in [7, 11) is -4.35. The first-order valence-electron chi connectivity index (χ1n) is 3.71. The van der Waals surface area contributed by atoms with Crippen molar-refractivity contribution in [2.75, 3.05) is 6.61 Å². The van der Waals surface area contributed by atoms with E-state index in [9.17, 15) is 8.42 Å². The quantitative estimate of drug-likeness (QED) is 0.850. The van der Waals surface area contributed by atoms with E-state index < -0.39 is 15.0 Å². The molecule has 0 fully saturated rings. The summed E-state index contributed by atoms with van der Waals surface area (Å²) in [6, 6.07) is 1.08. The number of hydrogen-bond acceptors (Lipinski definition) is 4. The van der Waals surface area contributed by atoms with E-state index >= 15 is 0 Å². The number of halogens is 2. The van der Waals surface area contributed by atoms with E-state index in [1.54, 1.807) is 6.92 Å². The molecule has 0 radical (unpaired) electrons. The Labute approximate surface area is 98.6 Å². The van der Waals surface area contributed by atoms with E-state index in [1.807, 2.05) is 0 Å². The summed E-state index contributed by atoms with van der Waals surface area (Å²) in [6.45, 7) is 1.92. The maximum absolute atomic E-state index is 10.9. The Bertz CT molecular complexity index is 435. The third kappa shape index (κ3) is 3.83. The number of hydrogen-bond donors (Lipinski definition) is 1. The van der Waals surface area contributed by atoms with Gasteiger partial charge in [0.25, 0.3) is 10.1 Å². The van der Waals surface area contributed by atoms with Crippen LogP contribution in [-0.2, 0) is 10.1 Å². The Morgan fingerprint density at radius 2 is 2.20 bits per heavy atom. The fourth-order valence-corrected chi connectivity index (χ4v) is 1.67. The fraction of sp³-hybridized carbons (Fsp3) is 0.286. The highest BCUT2D eigenvalue weighted by Gasteiger charge is 2.18. The molecule has 0 amide bonds. The molecule has 1 heterocycles. The summed E-state index contributed by atoms with van der Waals surface area (Å²) < 4.78 is 35.4. The van der Waals surface area contributed by atoms with Gasteiger partial charge in [-0.05, 0) is 13.0 Å². The second-order valence-electron chi connectivity index (χ2n) is 2.36. The molecule has 0 aliphatic carbocycles. The fourth-order valence-electron chi connectivity index (χ4n) is 0.838. The molecule has 0 saturated carbocycles. The summed E-state index contributed by atoms with van der Waals surface area (Å²) in [6.07, 6.45) is 1.24. The van der Waals surface area contributed by atoms with Crippen LogP contribution in [0, 0.1) is 0 Å². The molecule has 8 heteroatoms. The third-order valence-corrected chi connectivity index (χ3v) is 2.40. The largest absolute Gasteiger partial charge is 0.477 e. The van der Waals surface area contributed by atoms with Crippen LogP contribution in [0.3, 0.4) is 0 Å². The normalized spacial score (nSPS) is 10.6. The van der Waals surface area contributed by atoms with Gasteiger partial charge in [0.1, 0.15) is 0 Å². The Kier molecular flexibility index (Phi) is 5.30. The molecule has 0 spiro atoms. The Morgan fingerprint density at radius 1 is 1.60 bits per heavy atom. The monoisotopic (exact) mass is 273 g/mol. The molecular weight excluding hydrogens is 265 g/mol. The maximum atomic E-state index is 10.9. The van der Waals surface area contributed by atoms with Crippen molar-refractivity contribution in [3.8, 4) is 5.88 Å². The highest BCUT2D eigenvalue weighted by molar-refractivity contribution is 7.86. The second kappa shape index (κ2) is 5.50. The highest BCUT2D eigenvalue weighted by atomic mass is 35.5. The molecule has 0 unspecified atom stereocenters. The van der Waals surface area contributed by atoms with Gasteiger partial charge in [-0.25, -0.2) is 4.98 Å². The van der Waals surface area contributed by atoms with Crippen molar-refractivity contribution in [1.29, 1.82) is 0 Å². The molecule has 1 rings (SSSR count). The van der Waals surface area contributed by atoms with Crippen molar-refractivity contribution in [3.05, 3.63) is 17.3 Å². The van der Waals surface area contributed by atoms with Crippen LogP contribution < -0.4 is 4.74 Å². The smallest absolute Gasteiger partial charge is 0.299 e. The predicted octanol–water partition coefficient (Wildman–Crippen LogP) is 1.80. The predicted molar refractivity (Wildman–Crippen MR) is 57.5 cm³/mol. The second-order valence-corrected chi connectivity index (χ2v) is 4.19. The first kappa shape index (κ1) is 14.4. The first-order valence-corrected chi connectivity index (χ1v) is 5.52. The lowest BCUT2D eigenvalue weighted by Gasteiger charge is -2.06. The average Bonchev–Trinajstić information content (AvgIpc) is 2.07. The molecule has 5 nitrogen and oxygen atoms in total. The van der Waals surface area contributed by atoms with Crippen LogP contribution >= 0.6 is 24.0 Å². The Hall–Kier alpha value is -0.560.